The van der Waals surface area contributed by atoms with E-state index in [2.05, 4.69) is 152 Å². The highest BCUT2D eigenvalue weighted by molar-refractivity contribution is 6.25. The van der Waals surface area contributed by atoms with Crippen molar-refractivity contribution in [3.8, 4) is 33.4 Å². The molecule has 0 aliphatic carbocycles. The van der Waals surface area contributed by atoms with E-state index in [4.69, 9.17) is 9.98 Å². The Hall–Kier alpha value is -6.12. The zero-order chi connectivity index (χ0) is 31.6. The van der Waals surface area contributed by atoms with E-state index in [1.807, 2.05) is 12.4 Å². The number of hydrogen-bond acceptors (Lipinski definition) is 2. The molecule has 0 aromatic heterocycles. The molecule has 0 radical (unpaired) electrons. The number of nitrogens with zero attached hydrogens (tertiary/aromatic N) is 2. The van der Waals surface area contributed by atoms with Gasteiger partial charge in [0.2, 0.25) is 0 Å². The predicted molar refractivity (Wildman–Crippen MR) is 206 cm³/mol. The molecule has 1 heterocycles. The van der Waals surface area contributed by atoms with Gasteiger partial charge in [0, 0.05) is 24.4 Å². The van der Waals surface area contributed by atoms with E-state index >= 15 is 0 Å². The topological polar surface area (TPSA) is 24.7 Å². The van der Waals surface area contributed by atoms with Crippen LogP contribution < -0.4 is 0 Å². The molecule has 2 nitrogen and oxygen atoms in total. The molecular weight excluding hydrogens is 581 g/mol. The van der Waals surface area contributed by atoms with Crippen LogP contribution in [0.4, 0.5) is 0 Å². The first-order chi connectivity index (χ1) is 23.8. The summed E-state index contributed by atoms with van der Waals surface area (Å²) in [5, 5.41) is 12.7. The second kappa shape index (κ2) is 10.7. The third-order valence-electron chi connectivity index (χ3n) is 10.1. The smallest absolute Gasteiger partial charge is 0.165 e. The molecule has 48 heavy (non-hydrogen) atoms. The minimum Gasteiger partial charge on any atom is -0.266 e. The van der Waals surface area contributed by atoms with Crippen LogP contribution in [0.25, 0.3) is 87.2 Å². The first-order valence-corrected chi connectivity index (χ1v) is 16.7. The molecule has 0 atom stereocenters. The van der Waals surface area contributed by atoms with E-state index in [0.29, 0.717) is 0 Å². The molecule has 0 N–H and O–H groups in total. The van der Waals surface area contributed by atoms with Gasteiger partial charge >= 0.3 is 0 Å². The van der Waals surface area contributed by atoms with Crippen molar-refractivity contribution in [2.24, 2.45) is 9.98 Å². The van der Waals surface area contributed by atoms with Crippen molar-refractivity contribution in [2.75, 3.05) is 0 Å². The monoisotopic (exact) mass is 610 g/mol. The van der Waals surface area contributed by atoms with Gasteiger partial charge in [-0.25, -0.2) is 0 Å². The summed E-state index contributed by atoms with van der Waals surface area (Å²) >= 11 is 0. The zero-order valence-electron chi connectivity index (χ0n) is 26.3. The van der Waals surface area contributed by atoms with Crippen LogP contribution in [0, 0.1) is 0 Å². The number of hydrogen-bond donors (Lipinski definition) is 0. The van der Waals surface area contributed by atoms with E-state index in [1.165, 1.54) is 92.8 Å². The lowest BCUT2D eigenvalue weighted by atomic mass is 9.86. The summed E-state index contributed by atoms with van der Waals surface area (Å²) in [5.41, 5.74) is 8.52. The minimum atomic E-state index is -0.226. The van der Waals surface area contributed by atoms with Gasteiger partial charge in [-0.1, -0.05) is 140 Å². The summed E-state index contributed by atoms with van der Waals surface area (Å²) in [6.07, 6.45) is 4.52. The van der Waals surface area contributed by atoms with Crippen LogP contribution in [-0.2, 0) is 0 Å². The lowest BCUT2D eigenvalue weighted by Crippen LogP contribution is -2.02. The molecule has 0 saturated carbocycles. The molecule has 9 aromatic carbocycles. The number of rotatable bonds is 4. The molecule has 0 fully saturated rings. The molecule has 0 bridgehead atoms. The summed E-state index contributed by atoms with van der Waals surface area (Å²) < 4.78 is 0. The van der Waals surface area contributed by atoms with Gasteiger partial charge in [-0.2, -0.15) is 0 Å². The van der Waals surface area contributed by atoms with Crippen molar-refractivity contribution in [3.63, 3.8) is 0 Å². The van der Waals surface area contributed by atoms with Crippen LogP contribution in [0.5, 0.6) is 0 Å². The highest BCUT2D eigenvalue weighted by Gasteiger charge is 2.21. The molecular formula is C46H30N2. The highest BCUT2D eigenvalue weighted by atomic mass is 15.0. The van der Waals surface area contributed by atoms with Crippen molar-refractivity contribution in [3.05, 3.63) is 157 Å². The molecule has 0 saturated heterocycles. The summed E-state index contributed by atoms with van der Waals surface area (Å²) in [6.45, 7) is 0. The van der Waals surface area contributed by atoms with Crippen molar-refractivity contribution >= 4 is 66.3 Å². The van der Waals surface area contributed by atoms with E-state index in [-0.39, 0.29) is 6.17 Å². The van der Waals surface area contributed by atoms with Gasteiger partial charge in [-0.3, -0.25) is 9.98 Å². The summed E-state index contributed by atoms with van der Waals surface area (Å²) in [5.74, 6) is 0. The maximum atomic E-state index is 4.81. The number of benzene rings is 9. The molecule has 1 aliphatic rings. The molecule has 0 amide bonds. The fourth-order valence-electron chi connectivity index (χ4n) is 8.02. The fourth-order valence-corrected chi connectivity index (χ4v) is 8.02. The van der Waals surface area contributed by atoms with Crippen LogP contribution in [0.3, 0.4) is 0 Å². The Morgan fingerprint density at radius 3 is 1.60 bits per heavy atom. The summed E-state index contributed by atoms with van der Waals surface area (Å²) in [4.78, 5) is 9.62. The van der Waals surface area contributed by atoms with E-state index in [1.54, 1.807) is 0 Å². The van der Waals surface area contributed by atoms with Gasteiger partial charge in [0.1, 0.15) is 0 Å². The van der Waals surface area contributed by atoms with Crippen molar-refractivity contribution in [1.29, 1.82) is 0 Å². The van der Waals surface area contributed by atoms with Gasteiger partial charge in [-0.15, -0.1) is 0 Å². The Balaban J connectivity index is 1.14. The van der Waals surface area contributed by atoms with Crippen LogP contribution in [0.1, 0.15) is 18.2 Å². The maximum absolute atomic E-state index is 4.81. The first kappa shape index (κ1) is 27.0. The fraction of sp³-hybridized carbons (Fsp3) is 0.0435. The zero-order valence-corrected chi connectivity index (χ0v) is 26.3. The largest absolute Gasteiger partial charge is 0.266 e. The number of aliphatic imine (C=N–C) groups is 2. The average molecular weight is 611 g/mol. The minimum absolute atomic E-state index is 0.226. The quantitative estimate of drug-likeness (QED) is 0.140. The molecule has 2 heteroatoms. The van der Waals surface area contributed by atoms with E-state index in [9.17, 15) is 0 Å². The van der Waals surface area contributed by atoms with Crippen LogP contribution in [0.15, 0.2) is 162 Å². The standard InChI is InChI=1S/C46H30N2/c1-3-17-39-37(15-1)43(38-16-2-4-18-40(38)45(39)46-47-25-8-26-48-46)35-14-7-12-33(28-35)32-11-6-13-34(27-32)36-23-21-31-20-19-29-9-5-10-30-22-24-41(36)44(31)42(29)30/h1-7,9-28,46H,8H2. The molecule has 9 aromatic rings. The second-order valence-electron chi connectivity index (χ2n) is 12.8. The Morgan fingerprint density at radius 2 is 0.917 bits per heavy atom. The Morgan fingerprint density at radius 1 is 0.396 bits per heavy atom. The average Bonchev–Trinajstić information content (AvgIpc) is 3.16. The van der Waals surface area contributed by atoms with Crippen molar-refractivity contribution < 1.29 is 0 Å². The Bertz CT molecular complexity index is 2680. The van der Waals surface area contributed by atoms with Crippen LogP contribution >= 0.6 is 0 Å². The molecule has 0 spiro atoms. The van der Waals surface area contributed by atoms with Gasteiger partial charge in [0.05, 0.1) is 0 Å². The third-order valence-corrected chi connectivity index (χ3v) is 10.1. The molecule has 1 aliphatic heterocycles. The SMILES string of the molecule is C1=NC(c2c3ccccc3c(-c3cccc(-c4cccc(-c5ccc6ccc7cccc8ccc5c6c78)c4)c3)c3ccccc23)N=CC1. The normalized spacial score (nSPS) is 13.5. The van der Waals surface area contributed by atoms with Crippen LogP contribution in [-0.4, -0.2) is 12.4 Å². The molecule has 10 rings (SSSR count). The Labute approximate surface area is 278 Å². The van der Waals surface area contributed by atoms with E-state index in [0.717, 1.165) is 6.42 Å². The summed E-state index contributed by atoms with van der Waals surface area (Å²) in [6, 6.07) is 55.8. The lowest BCUT2D eigenvalue weighted by molar-refractivity contribution is 0.789. The second-order valence-corrected chi connectivity index (χ2v) is 12.8. The highest BCUT2D eigenvalue weighted by Crippen LogP contribution is 2.44. The van der Waals surface area contributed by atoms with Gasteiger partial charge in [-0.05, 0) is 99.4 Å². The summed E-state index contributed by atoms with van der Waals surface area (Å²) in [7, 11) is 0. The lowest BCUT2D eigenvalue weighted by Gasteiger charge is -2.20. The van der Waals surface area contributed by atoms with Crippen molar-refractivity contribution in [1.82, 2.24) is 0 Å². The van der Waals surface area contributed by atoms with Gasteiger partial charge in [0.25, 0.3) is 0 Å². The van der Waals surface area contributed by atoms with E-state index < -0.39 is 0 Å². The maximum Gasteiger partial charge on any atom is 0.165 e. The van der Waals surface area contributed by atoms with Gasteiger partial charge < -0.3 is 0 Å². The number of fused-ring (bicyclic) bond motifs is 2. The molecule has 0 unspecified atom stereocenters. The first-order valence-electron chi connectivity index (χ1n) is 16.7. The van der Waals surface area contributed by atoms with Crippen molar-refractivity contribution in [2.45, 2.75) is 12.6 Å². The predicted octanol–water partition coefficient (Wildman–Crippen LogP) is 12.4. The van der Waals surface area contributed by atoms with Gasteiger partial charge in [0.15, 0.2) is 6.17 Å². The molecule has 224 valence electrons. The third kappa shape index (κ3) is 4.13. The Kier molecular flexibility index (Phi) is 6.04. The van der Waals surface area contributed by atoms with Crippen LogP contribution in [0.2, 0.25) is 0 Å².